The summed E-state index contributed by atoms with van der Waals surface area (Å²) in [6, 6.07) is 12.0. The van der Waals surface area contributed by atoms with Crippen molar-refractivity contribution < 1.29 is 44.4 Å². The maximum atomic E-state index is 13.4. The second-order valence-corrected chi connectivity index (χ2v) is 14.6. The number of aromatic nitrogens is 2. The van der Waals surface area contributed by atoms with Gasteiger partial charge in [0.25, 0.3) is 11.8 Å². The van der Waals surface area contributed by atoms with Gasteiger partial charge in [-0.15, -0.1) is 34.4 Å². The van der Waals surface area contributed by atoms with E-state index < -0.39 is 40.9 Å². The van der Waals surface area contributed by atoms with Crippen molar-refractivity contribution in [3.63, 3.8) is 0 Å². The van der Waals surface area contributed by atoms with Crippen LogP contribution in [0, 0.1) is 0 Å². The number of phenols is 2. The number of nitrogens with zero attached hydrogens (tertiary/aromatic N) is 4. The molecule has 1 saturated heterocycles. The predicted molar refractivity (Wildman–Crippen MR) is 183 cm³/mol. The molecule has 2 aromatic carbocycles. The molecular formula is C30H24N6O9S4. The van der Waals surface area contributed by atoms with Crippen LogP contribution >= 0.6 is 46.2 Å². The van der Waals surface area contributed by atoms with Crippen molar-refractivity contribution in [2.75, 3.05) is 17.2 Å². The number of amides is 2. The van der Waals surface area contributed by atoms with Crippen LogP contribution in [0.5, 0.6) is 11.5 Å². The number of nitrogens with one attached hydrogen (secondary N) is 1. The second-order valence-electron chi connectivity index (χ2n) is 10.3. The molecule has 2 aliphatic heterocycles. The summed E-state index contributed by atoms with van der Waals surface area (Å²) in [7, 11) is 0. The molecule has 2 atom stereocenters. The van der Waals surface area contributed by atoms with E-state index in [4.69, 9.17) is 10.6 Å². The van der Waals surface area contributed by atoms with Gasteiger partial charge in [-0.3, -0.25) is 14.5 Å². The summed E-state index contributed by atoms with van der Waals surface area (Å²) in [5, 5.41) is 47.0. The predicted octanol–water partition coefficient (Wildman–Crippen LogP) is 3.41. The molecule has 0 bridgehead atoms. The quantitative estimate of drug-likeness (QED) is 0.0402. The lowest BCUT2D eigenvalue weighted by Gasteiger charge is -2.49. The van der Waals surface area contributed by atoms with Gasteiger partial charge in [-0.2, -0.15) is 0 Å². The van der Waals surface area contributed by atoms with E-state index in [0.717, 1.165) is 44.9 Å². The monoisotopic (exact) mass is 740 g/mol. The fraction of sp³-hybridized carbons (Fsp3) is 0.167. The van der Waals surface area contributed by atoms with Gasteiger partial charge in [-0.25, -0.2) is 19.6 Å². The van der Waals surface area contributed by atoms with Crippen LogP contribution in [0.1, 0.15) is 21.7 Å². The number of aromatic hydroxyl groups is 2. The first-order valence-corrected chi connectivity index (χ1v) is 17.8. The van der Waals surface area contributed by atoms with Gasteiger partial charge in [0.05, 0.1) is 4.88 Å². The lowest BCUT2D eigenvalue weighted by atomic mass is 10.0. The second kappa shape index (κ2) is 14.2. The third kappa shape index (κ3) is 7.05. The summed E-state index contributed by atoms with van der Waals surface area (Å²) in [4.78, 5) is 66.1. The van der Waals surface area contributed by atoms with Crippen molar-refractivity contribution in [2.45, 2.75) is 22.4 Å². The molecule has 0 aliphatic carbocycles. The van der Waals surface area contributed by atoms with Crippen molar-refractivity contribution in [1.82, 2.24) is 20.2 Å². The van der Waals surface area contributed by atoms with Gasteiger partial charge >= 0.3 is 11.9 Å². The molecule has 0 spiro atoms. The van der Waals surface area contributed by atoms with Gasteiger partial charge in [0.15, 0.2) is 32.4 Å². The maximum Gasteiger partial charge on any atom is 0.356 e. The largest absolute Gasteiger partial charge is 0.504 e. The highest BCUT2D eigenvalue weighted by atomic mass is 32.2. The van der Waals surface area contributed by atoms with Gasteiger partial charge in [-0.05, 0) is 34.9 Å². The maximum absolute atomic E-state index is 13.4. The number of carboxylic acids is 2. The third-order valence-electron chi connectivity index (χ3n) is 7.16. The molecule has 4 heterocycles. The molecule has 6 rings (SSSR count). The molecule has 0 radical (unpaired) electrons. The highest BCUT2D eigenvalue weighted by Gasteiger charge is 2.54. The SMILES string of the molecule is Nc1nc(C(=NOCc2ccccc2)C(=O)N[C@@H]2C(=O)N3C(C(=O)O)=C(CSc4nc(C(=O)O)c(-c5ccc(O)c(O)c5)s4)CS[C@H]23)cs1. The number of β-lactam (4-membered cyclic amide) rings is 1. The summed E-state index contributed by atoms with van der Waals surface area (Å²) in [5.41, 5.74) is 6.76. The molecule has 0 saturated carbocycles. The molecule has 1 fully saturated rings. The molecule has 2 aromatic heterocycles. The first-order chi connectivity index (χ1) is 23.5. The number of carbonyl (C=O) groups excluding carboxylic acids is 2. The molecule has 0 unspecified atom stereocenters. The number of thiazole rings is 2. The number of fused-ring (bicyclic) bond motifs is 1. The van der Waals surface area contributed by atoms with Gasteiger partial charge in [0, 0.05) is 16.9 Å². The molecule has 19 heteroatoms. The van der Waals surface area contributed by atoms with Gasteiger partial charge in [0.2, 0.25) is 0 Å². The molecule has 49 heavy (non-hydrogen) atoms. The fourth-order valence-electron chi connectivity index (χ4n) is 4.87. The third-order valence-corrected chi connectivity index (χ3v) is 11.5. The number of aromatic carboxylic acids is 1. The van der Waals surface area contributed by atoms with Crippen LogP contribution in [0.3, 0.4) is 0 Å². The fourth-order valence-corrected chi connectivity index (χ4v) is 9.03. The number of carboxylic acid groups (broad SMARTS) is 2. The van der Waals surface area contributed by atoms with Crippen molar-refractivity contribution in [1.29, 1.82) is 0 Å². The van der Waals surface area contributed by atoms with Gasteiger partial charge in [-0.1, -0.05) is 47.2 Å². The number of hydrogen-bond acceptors (Lipinski definition) is 15. The number of benzene rings is 2. The minimum atomic E-state index is -1.33. The first kappa shape index (κ1) is 33.8. The molecular weight excluding hydrogens is 717 g/mol. The Morgan fingerprint density at radius 1 is 1.08 bits per heavy atom. The summed E-state index contributed by atoms with van der Waals surface area (Å²) in [6.45, 7) is 0.0692. The minimum absolute atomic E-state index is 0.0692. The minimum Gasteiger partial charge on any atom is -0.504 e. The number of rotatable bonds is 12. The van der Waals surface area contributed by atoms with E-state index in [9.17, 15) is 39.6 Å². The van der Waals surface area contributed by atoms with Crippen molar-refractivity contribution >= 4 is 80.8 Å². The number of nitrogen functional groups attached to an aromatic ring is 1. The number of thioether (sulfide) groups is 2. The zero-order chi connectivity index (χ0) is 34.8. The standard InChI is InChI=1S/C30H24N6O9S4/c31-29-32-16(12-47-29)19(35-45-9-13-4-2-1-3-5-13)24(39)33-21-25(40)36-22(28(43)44)15(10-46-26(21)36)11-48-30-34-20(27(41)42)23(49-30)14-6-7-17(37)18(38)8-14/h1-8,12,21,26,37-38H,9-11H2,(H2,31,32)(H,33,39)(H,41,42)(H,43,44)/t21-,26-/m1/s1. The number of oxime groups is 1. The van der Waals surface area contributed by atoms with E-state index >= 15 is 0 Å². The number of aliphatic carboxylic acids is 1. The Balaban J connectivity index is 1.17. The summed E-state index contributed by atoms with van der Waals surface area (Å²) in [6.07, 6.45) is 0. The van der Waals surface area contributed by atoms with Crippen LogP contribution in [0.25, 0.3) is 10.4 Å². The number of nitrogens with two attached hydrogens (primary N) is 1. The van der Waals surface area contributed by atoms with Crippen molar-refractivity contribution in [3.8, 4) is 21.9 Å². The van der Waals surface area contributed by atoms with Crippen molar-refractivity contribution in [2.24, 2.45) is 5.16 Å². The van der Waals surface area contributed by atoms with E-state index in [-0.39, 0.29) is 56.7 Å². The van der Waals surface area contributed by atoms with Gasteiger partial charge < -0.3 is 36.3 Å². The average Bonchev–Trinajstić information content (AvgIpc) is 3.72. The lowest BCUT2D eigenvalue weighted by molar-refractivity contribution is -0.150. The van der Waals surface area contributed by atoms with Crippen LogP contribution in [0.2, 0.25) is 0 Å². The van der Waals surface area contributed by atoms with E-state index in [0.29, 0.717) is 15.5 Å². The molecule has 7 N–H and O–H groups in total. The normalized spacial score (nSPS) is 17.3. The van der Waals surface area contributed by atoms with E-state index in [1.165, 1.54) is 35.3 Å². The molecule has 4 aromatic rings. The summed E-state index contributed by atoms with van der Waals surface area (Å²) in [5.74, 6) is -4.54. The first-order valence-electron chi connectivity index (χ1n) is 14.1. The number of phenolic OH excluding ortho intramolecular Hbond substituents is 2. The number of anilines is 1. The lowest BCUT2D eigenvalue weighted by Crippen LogP contribution is -2.71. The highest BCUT2D eigenvalue weighted by molar-refractivity contribution is 8.02. The molecule has 2 amide bonds. The van der Waals surface area contributed by atoms with E-state index in [1.807, 2.05) is 30.3 Å². The Hall–Kier alpha value is -5.11. The summed E-state index contributed by atoms with van der Waals surface area (Å²) < 4.78 is 0.313. The van der Waals surface area contributed by atoms with Crippen molar-refractivity contribution in [3.05, 3.63) is 82.1 Å². The average molecular weight is 741 g/mol. The Labute approximate surface area is 293 Å². The Kier molecular flexibility index (Phi) is 9.77. The Bertz CT molecular complexity index is 2030. The zero-order valence-electron chi connectivity index (χ0n) is 24.8. The molecule has 2 aliphatic rings. The van der Waals surface area contributed by atoms with E-state index in [1.54, 1.807) is 0 Å². The van der Waals surface area contributed by atoms with Crippen LogP contribution < -0.4 is 11.1 Å². The number of carbonyl (C=O) groups is 4. The molecule has 15 nitrogen and oxygen atoms in total. The highest BCUT2D eigenvalue weighted by Crippen LogP contribution is 2.43. The Morgan fingerprint density at radius 3 is 2.53 bits per heavy atom. The van der Waals surface area contributed by atoms with Crippen LogP contribution in [-0.4, -0.2) is 87.7 Å². The summed E-state index contributed by atoms with van der Waals surface area (Å²) >= 11 is 4.47. The number of hydrogen-bond donors (Lipinski definition) is 6. The van der Waals surface area contributed by atoms with Crippen LogP contribution in [0.4, 0.5) is 5.13 Å². The topological polar surface area (TPSA) is 238 Å². The van der Waals surface area contributed by atoms with Crippen LogP contribution in [0.15, 0.2) is 74.7 Å². The molecule has 252 valence electrons. The van der Waals surface area contributed by atoms with Crippen LogP contribution in [-0.2, 0) is 25.8 Å². The van der Waals surface area contributed by atoms with E-state index in [2.05, 4.69) is 20.4 Å². The van der Waals surface area contributed by atoms with Gasteiger partial charge in [0.1, 0.15) is 29.4 Å². The smallest absolute Gasteiger partial charge is 0.356 e. The Morgan fingerprint density at radius 2 is 1.86 bits per heavy atom. The zero-order valence-corrected chi connectivity index (χ0v) is 28.1.